The van der Waals surface area contributed by atoms with E-state index in [2.05, 4.69) is 34.6 Å². The highest BCUT2D eigenvalue weighted by atomic mass is 16.7. The van der Waals surface area contributed by atoms with Crippen molar-refractivity contribution in [1.82, 2.24) is 0 Å². The van der Waals surface area contributed by atoms with E-state index >= 15 is 0 Å². The molecule has 0 rings (SSSR count). The first-order valence-corrected chi connectivity index (χ1v) is 8.56. The molecule has 0 aliphatic carbocycles. The van der Waals surface area contributed by atoms with Crippen molar-refractivity contribution < 1.29 is 9.47 Å². The molecule has 122 valence electrons. The fourth-order valence-corrected chi connectivity index (χ4v) is 3.43. The maximum Gasteiger partial charge on any atom is 0.172 e. The molecule has 0 amide bonds. The van der Waals surface area contributed by atoms with Crippen LogP contribution in [0.25, 0.3) is 0 Å². The summed E-state index contributed by atoms with van der Waals surface area (Å²) in [5.74, 6) is 0.971. The van der Waals surface area contributed by atoms with Gasteiger partial charge in [0.2, 0.25) is 0 Å². The van der Waals surface area contributed by atoms with Crippen LogP contribution in [0.2, 0.25) is 0 Å². The van der Waals surface area contributed by atoms with Crippen LogP contribution in [0.5, 0.6) is 0 Å². The second-order valence-electron chi connectivity index (χ2n) is 6.69. The molecule has 20 heavy (non-hydrogen) atoms. The molecule has 2 nitrogen and oxygen atoms in total. The molecule has 0 heterocycles. The van der Waals surface area contributed by atoms with E-state index in [1.165, 1.54) is 44.9 Å². The summed E-state index contributed by atoms with van der Waals surface area (Å²) in [5, 5.41) is 0. The van der Waals surface area contributed by atoms with Crippen LogP contribution in [-0.2, 0) is 9.47 Å². The molecular formula is C18H38O2. The first kappa shape index (κ1) is 19.9. The zero-order valence-electron chi connectivity index (χ0n) is 15.0. The van der Waals surface area contributed by atoms with Crippen LogP contribution in [0.4, 0.5) is 0 Å². The van der Waals surface area contributed by atoms with Crippen molar-refractivity contribution in [3.05, 3.63) is 0 Å². The van der Waals surface area contributed by atoms with Crippen LogP contribution in [0.1, 0.15) is 79.6 Å². The van der Waals surface area contributed by atoms with E-state index in [0.29, 0.717) is 17.8 Å². The highest BCUT2D eigenvalue weighted by Crippen LogP contribution is 2.38. The molecule has 0 saturated heterocycles. The molecule has 1 unspecified atom stereocenters. The summed E-state index contributed by atoms with van der Waals surface area (Å²) in [6, 6.07) is 0. The van der Waals surface area contributed by atoms with Gasteiger partial charge in [-0.3, -0.25) is 0 Å². The first-order valence-electron chi connectivity index (χ1n) is 8.56. The van der Waals surface area contributed by atoms with Crippen LogP contribution in [-0.4, -0.2) is 20.0 Å². The topological polar surface area (TPSA) is 18.5 Å². The summed E-state index contributed by atoms with van der Waals surface area (Å²) in [6.45, 7) is 11.2. The largest absolute Gasteiger partial charge is 0.353 e. The Morgan fingerprint density at radius 2 is 1.30 bits per heavy atom. The highest BCUT2D eigenvalue weighted by Gasteiger charge is 2.43. The third kappa shape index (κ3) is 5.73. The predicted molar refractivity (Wildman–Crippen MR) is 87.9 cm³/mol. The minimum atomic E-state index is -0.433. The van der Waals surface area contributed by atoms with E-state index in [1.807, 2.05) is 0 Å². The van der Waals surface area contributed by atoms with E-state index in [-0.39, 0.29) is 0 Å². The number of rotatable bonds is 12. The Morgan fingerprint density at radius 3 is 1.70 bits per heavy atom. The molecule has 2 heteroatoms. The van der Waals surface area contributed by atoms with Crippen molar-refractivity contribution in [2.75, 3.05) is 14.2 Å². The van der Waals surface area contributed by atoms with Gasteiger partial charge in [0.1, 0.15) is 0 Å². The summed E-state index contributed by atoms with van der Waals surface area (Å²) < 4.78 is 11.7. The van der Waals surface area contributed by atoms with Crippen molar-refractivity contribution in [1.29, 1.82) is 0 Å². The number of methoxy groups -OCH3 is 2. The monoisotopic (exact) mass is 286 g/mol. The summed E-state index contributed by atoms with van der Waals surface area (Å²) in [5.41, 5.74) is 0. The molecule has 0 N–H and O–H groups in total. The highest BCUT2D eigenvalue weighted by molar-refractivity contribution is 4.84. The molecule has 0 aliphatic rings. The summed E-state index contributed by atoms with van der Waals surface area (Å²) in [4.78, 5) is 0. The minimum Gasteiger partial charge on any atom is -0.353 e. The smallest absolute Gasteiger partial charge is 0.172 e. The normalized spacial score (nSPS) is 14.2. The van der Waals surface area contributed by atoms with Crippen molar-refractivity contribution >= 4 is 0 Å². The lowest BCUT2D eigenvalue weighted by Gasteiger charge is -2.43. The second-order valence-corrected chi connectivity index (χ2v) is 6.69. The fraction of sp³-hybridized carbons (Fsp3) is 1.00. The van der Waals surface area contributed by atoms with E-state index in [0.717, 1.165) is 0 Å². The third-order valence-corrected chi connectivity index (χ3v) is 4.63. The lowest BCUT2D eigenvalue weighted by Crippen LogP contribution is -2.48. The lowest BCUT2D eigenvalue weighted by molar-refractivity contribution is -0.274. The molecule has 0 fully saturated rings. The van der Waals surface area contributed by atoms with E-state index in [1.54, 1.807) is 14.2 Å². The zero-order chi connectivity index (χ0) is 15.6. The summed E-state index contributed by atoms with van der Waals surface area (Å²) in [6.07, 6.45) is 9.26. The van der Waals surface area contributed by atoms with Gasteiger partial charge in [-0.1, -0.05) is 73.1 Å². The van der Waals surface area contributed by atoms with Crippen molar-refractivity contribution in [2.45, 2.75) is 85.4 Å². The van der Waals surface area contributed by atoms with Crippen LogP contribution in [0, 0.1) is 17.8 Å². The van der Waals surface area contributed by atoms with Crippen LogP contribution < -0.4 is 0 Å². The molecule has 0 aliphatic heterocycles. The van der Waals surface area contributed by atoms with E-state index in [4.69, 9.17) is 9.47 Å². The van der Waals surface area contributed by atoms with Crippen molar-refractivity contribution in [3.63, 3.8) is 0 Å². The Hall–Kier alpha value is -0.0800. The Bertz CT molecular complexity index is 219. The van der Waals surface area contributed by atoms with Gasteiger partial charge in [0.25, 0.3) is 0 Å². The maximum absolute atomic E-state index is 5.85. The van der Waals surface area contributed by atoms with Crippen molar-refractivity contribution in [2.24, 2.45) is 17.8 Å². The third-order valence-electron chi connectivity index (χ3n) is 4.63. The van der Waals surface area contributed by atoms with Crippen LogP contribution in [0.3, 0.4) is 0 Å². The summed E-state index contributed by atoms with van der Waals surface area (Å²) in [7, 11) is 3.58. The number of ether oxygens (including phenoxy) is 2. The molecule has 0 bridgehead atoms. The lowest BCUT2D eigenvalue weighted by atomic mass is 9.78. The number of hydrogen-bond acceptors (Lipinski definition) is 2. The van der Waals surface area contributed by atoms with Gasteiger partial charge in [-0.25, -0.2) is 0 Å². The Kier molecular flexibility index (Phi) is 10.6. The molecular weight excluding hydrogens is 248 g/mol. The van der Waals surface area contributed by atoms with E-state index < -0.39 is 5.79 Å². The van der Waals surface area contributed by atoms with Gasteiger partial charge in [0.15, 0.2) is 5.79 Å². The molecule has 0 spiro atoms. The average Bonchev–Trinajstić information content (AvgIpc) is 2.41. The minimum absolute atomic E-state index is 0.366. The molecule has 1 atom stereocenters. The SMILES string of the molecule is CCCCCCCCC(C(C)C)C(OC)(OC)C(C)C. The summed E-state index contributed by atoms with van der Waals surface area (Å²) >= 11 is 0. The molecule has 0 aromatic heterocycles. The average molecular weight is 286 g/mol. The molecule has 0 saturated carbocycles. The van der Waals surface area contributed by atoms with Gasteiger partial charge < -0.3 is 9.47 Å². The maximum atomic E-state index is 5.85. The number of unbranched alkanes of at least 4 members (excludes halogenated alkanes) is 5. The van der Waals surface area contributed by atoms with Gasteiger partial charge in [-0.15, -0.1) is 0 Å². The van der Waals surface area contributed by atoms with Gasteiger partial charge in [0, 0.05) is 26.1 Å². The Morgan fingerprint density at radius 1 is 0.800 bits per heavy atom. The molecule has 0 radical (unpaired) electrons. The molecule has 0 aromatic rings. The van der Waals surface area contributed by atoms with Gasteiger partial charge in [0.05, 0.1) is 0 Å². The second kappa shape index (κ2) is 10.6. The fourth-order valence-electron chi connectivity index (χ4n) is 3.43. The van der Waals surface area contributed by atoms with Gasteiger partial charge >= 0.3 is 0 Å². The van der Waals surface area contributed by atoms with Gasteiger partial charge in [-0.2, -0.15) is 0 Å². The molecule has 0 aromatic carbocycles. The Labute approximate surface area is 127 Å². The van der Waals surface area contributed by atoms with Crippen molar-refractivity contribution in [3.8, 4) is 0 Å². The zero-order valence-corrected chi connectivity index (χ0v) is 15.0. The predicted octanol–water partition coefficient (Wildman–Crippen LogP) is 5.65. The van der Waals surface area contributed by atoms with Crippen LogP contribution in [0.15, 0.2) is 0 Å². The van der Waals surface area contributed by atoms with Gasteiger partial charge in [-0.05, 0) is 12.3 Å². The standard InChI is InChI=1S/C18H38O2/c1-8-9-10-11-12-13-14-17(15(2)3)18(19-6,20-7)16(4)5/h15-17H,8-14H2,1-7H3. The Balaban J connectivity index is 4.47. The number of hydrogen-bond donors (Lipinski definition) is 0. The first-order chi connectivity index (χ1) is 9.46. The van der Waals surface area contributed by atoms with E-state index in [9.17, 15) is 0 Å². The quantitative estimate of drug-likeness (QED) is 0.341. The van der Waals surface area contributed by atoms with Crippen LogP contribution >= 0.6 is 0 Å².